The van der Waals surface area contributed by atoms with Gasteiger partial charge in [-0.25, -0.2) is 9.79 Å². The number of aliphatic imine (C=N–C) groups is 1. The summed E-state index contributed by atoms with van der Waals surface area (Å²) in [5, 5.41) is 110. The van der Waals surface area contributed by atoms with Crippen molar-refractivity contribution in [2.75, 3.05) is 0 Å². The molecule has 2 aliphatic rings. The van der Waals surface area contributed by atoms with Crippen molar-refractivity contribution in [1.29, 1.82) is 0 Å². The van der Waals surface area contributed by atoms with Crippen LogP contribution in [0.1, 0.15) is 92.9 Å². The number of nitrogens with zero attached hydrogens (tertiary/aromatic N) is 1. The molecule has 0 aromatic heterocycles. The Bertz CT molecular complexity index is 1420. The largest absolute Gasteiger partial charge is 0.462 e. The quantitative estimate of drug-likeness (QED) is 0.0208. The molecule has 2 aliphatic heterocycles. The molecular formula is C40H73N5O16. The van der Waals surface area contributed by atoms with E-state index in [1.165, 1.54) is 6.92 Å². The Kier molecular flexibility index (Phi) is 22.4. The van der Waals surface area contributed by atoms with Crippen LogP contribution in [0.15, 0.2) is 29.3 Å². The summed E-state index contributed by atoms with van der Waals surface area (Å²) in [6, 6.07) is -3.34. The molecule has 2 saturated heterocycles. The molecule has 21 nitrogen and oxygen atoms in total. The zero-order valence-electron chi connectivity index (χ0n) is 36.0. The Hall–Kier alpha value is -3.03. The number of nitrogens with one attached hydrogen (secondary N) is 1. The van der Waals surface area contributed by atoms with Gasteiger partial charge in [0.05, 0.1) is 73.5 Å². The maximum Gasteiger partial charge on any atom is 0.312 e. The second-order valence-corrected chi connectivity index (χ2v) is 16.7. The van der Waals surface area contributed by atoms with Crippen molar-refractivity contribution in [2.24, 2.45) is 34.0 Å². The summed E-state index contributed by atoms with van der Waals surface area (Å²) in [6.45, 7) is 10.2. The molecule has 0 aliphatic carbocycles. The predicted octanol–water partition coefficient (Wildman–Crippen LogP) is -2.39. The number of aliphatic hydroxyl groups excluding tert-OH is 9. The highest BCUT2D eigenvalue weighted by molar-refractivity contribution is 5.76. The number of hydrogen-bond donors (Lipinski definition) is 14. The van der Waals surface area contributed by atoms with Crippen LogP contribution in [0.3, 0.4) is 0 Å². The minimum Gasteiger partial charge on any atom is -0.462 e. The number of carbonyl (C=O) groups excluding carboxylic acids is 2. The first-order valence-electron chi connectivity index (χ1n) is 20.8. The molecule has 0 unspecified atom stereocenters. The highest BCUT2D eigenvalue weighted by atomic mass is 16.7. The molecule has 2 amide bonds. The number of guanidine groups is 1. The minimum absolute atomic E-state index is 0.0918. The number of primary amides is 1. The number of amides is 2. The van der Waals surface area contributed by atoms with Gasteiger partial charge in [-0.15, -0.1) is 0 Å². The molecule has 0 aromatic carbocycles. The molecule has 0 spiro atoms. The van der Waals surface area contributed by atoms with Crippen LogP contribution in [0, 0.1) is 11.8 Å². The highest BCUT2D eigenvalue weighted by Gasteiger charge is 2.49. The number of allylic oxidation sites excluding steroid dienone is 3. The van der Waals surface area contributed by atoms with Gasteiger partial charge < -0.3 is 92.5 Å². The lowest BCUT2D eigenvalue weighted by Crippen LogP contribution is -2.63. The number of hydrogen-bond acceptors (Lipinski definition) is 17. The van der Waals surface area contributed by atoms with Gasteiger partial charge in [-0.3, -0.25) is 4.79 Å². The van der Waals surface area contributed by atoms with Crippen LogP contribution in [-0.4, -0.2) is 173 Å². The Balaban J connectivity index is 1.91. The molecule has 0 radical (unpaired) electrons. The van der Waals surface area contributed by atoms with Crippen LogP contribution in [0.2, 0.25) is 0 Å². The number of carbonyl (C=O) groups is 2. The lowest BCUT2D eigenvalue weighted by atomic mass is 9.87. The second-order valence-electron chi connectivity index (χ2n) is 16.7. The van der Waals surface area contributed by atoms with E-state index in [2.05, 4.69) is 10.3 Å². The Labute approximate surface area is 357 Å². The third-order valence-corrected chi connectivity index (χ3v) is 11.2. The van der Waals surface area contributed by atoms with Gasteiger partial charge in [-0.1, -0.05) is 38.2 Å². The standard InChI is InChI=1S/C40H73N5O16/c1-7-8-9-10-19(2)34(53)21(4)22(5)59-31(52)16-25(47)14-24(46)11-12-27(49)28(50)15-26(48)17-40(57)18-29(51)32(45-39(43)56)30(61-40)13-20(3)58-37-36(55)33(44-38(41)42)35(54)23(6)60-37/h7-10,19-30,32-37,46-51,53-55,57H,11-18H2,1-6H3,(H4,41,42,44)(H3,43,45,56)/b8-7+,10-9+/t19-,20-,21-,22-,23+,24+,25+,26-,27+,28+,29-,30-,32+,33-,34+,35+,36-,37+,40+/m0/s1. The van der Waals surface area contributed by atoms with E-state index in [0.29, 0.717) is 0 Å². The van der Waals surface area contributed by atoms with Crippen molar-refractivity contribution in [2.45, 2.75) is 196 Å². The van der Waals surface area contributed by atoms with Gasteiger partial charge in [-0.2, -0.15) is 0 Å². The number of nitrogens with two attached hydrogens (primary N) is 3. The molecule has 0 bridgehead atoms. The van der Waals surface area contributed by atoms with E-state index in [0.717, 1.165) is 0 Å². The molecular weight excluding hydrogens is 806 g/mol. The molecule has 0 saturated carbocycles. The van der Waals surface area contributed by atoms with Crippen LogP contribution in [0.5, 0.6) is 0 Å². The molecule has 17 N–H and O–H groups in total. The Morgan fingerprint density at radius 3 is 2.18 bits per heavy atom. The number of urea groups is 1. The Morgan fingerprint density at radius 2 is 1.57 bits per heavy atom. The zero-order chi connectivity index (χ0) is 46.4. The van der Waals surface area contributed by atoms with Gasteiger partial charge in [-0.05, 0) is 47.0 Å². The van der Waals surface area contributed by atoms with Crippen molar-refractivity contribution >= 4 is 18.0 Å². The topological polar surface area (TPSA) is 376 Å². The molecule has 0 aromatic rings. The van der Waals surface area contributed by atoms with Gasteiger partial charge in [0.1, 0.15) is 24.4 Å². The van der Waals surface area contributed by atoms with Crippen LogP contribution >= 0.6 is 0 Å². The number of esters is 1. The van der Waals surface area contributed by atoms with E-state index < -0.39 is 147 Å². The van der Waals surface area contributed by atoms with Crippen LogP contribution in [0.25, 0.3) is 0 Å². The summed E-state index contributed by atoms with van der Waals surface area (Å²) in [7, 11) is 0. The molecule has 19 atom stereocenters. The molecule has 21 heteroatoms. The fraction of sp³-hybridized carbons (Fsp3) is 0.825. The first kappa shape index (κ1) is 54.1. The fourth-order valence-corrected chi connectivity index (χ4v) is 7.58. The first-order chi connectivity index (χ1) is 28.4. The fourth-order valence-electron chi connectivity index (χ4n) is 7.58. The van der Waals surface area contributed by atoms with Crippen LogP contribution in [0.4, 0.5) is 4.79 Å². The summed E-state index contributed by atoms with van der Waals surface area (Å²) in [5.41, 5.74) is 16.2. The summed E-state index contributed by atoms with van der Waals surface area (Å²) < 4.78 is 22.8. The van der Waals surface area contributed by atoms with Gasteiger partial charge in [0.25, 0.3) is 0 Å². The monoisotopic (exact) mass is 880 g/mol. The van der Waals surface area contributed by atoms with Gasteiger partial charge in [0.2, 0.25) is 0 Å². The third kappa shape index (κ3) is 17.9. The van der Waals surface area contributed by atoms with Crippen molar-refractivity contribution in [3.05, 3.63) is 24.3 Å². The summed E-state index contributed by atoms with van der Waals surface area (Å²) in [4.78, 5) is 28.2. The van der Waals surface area contributed by atoms with Gasteiger partial charge >= 0.3 is 12.0 Å². The number of aliphatic hydroxyl groups is 10. The SMILES string of the molecule is C/C=C/C=C/[C@H](C)[C@@H](O)[C@@H](C)[C@H](C)OC(=O)C[C@H](O)C[C@H](O)CC[C@@H](O)[C@H](O)C[C@H](O)C[C@]1(O)C[C@H](O)[C@@H](NC(N)=O)[C@H](C[C@H](C)O[C@@H]2O[C@H](C)[C@@H](O)[C@H](N=C(N)N)[C@@H]2O)O1. The summed E-state index contributed by atoms with van der Waals surface area (Å²) >= 11 is 0. The van der Waals surface area contributed by atoms with Gasteiger partial charge in [0, 0.05) is 37.5 Å². The van der Waals surface area contributed by atoms with E-state index in [9.17, 15) is 60.7 Å². The zero-order valence-corrected chi connectivity index (χ0v) is 36.0. The van der Waals surface area contributed by atoms with Crippen molar-refractivity contribution in [3.63, 3.8) is 0 Å². The minimum atomic E-state index is -2.22. The highest BCUT2D eigenvalue weighted by Crippen LogP contribution is 2.35. The summed E-state index contributed by atoms with van der Waals surface area (Å²) in [5.74, 6) is -3.93. The summed E-state index contributed by atoms with van der Waals surface area (Å²) in [6.07, 6.45) is -12.1. The molecule has 2 fully saturated rings. The first-order valence-corrected chi connectivity index (χ1v) is 20.8. The maximum atomic E-state index is 12.5. The van der Waals surface area contributed by atoms with E-state index in [-0.39, 0.29) is 37.6 Å². The normalized spacial score (nSPS) is 32.2. The maximum absolute atomic E-state index is 12.5. The molecule has 2 heterocycles. The van der Waals surface area contributed by atoms with Crippen molar-refractivity contribution in [1.82, 2.24) is 5.32 Å². The molecule has 354 valence electrons. The van der Waals surface area contributed by atoms with Crippen LogP contribution < -0.4 is 22.5 Å². The number of ether oxygens (including phenoxy) is 4. The average Bonchev–Trinajstić information content (AvgIpc) is 3.14. The van der Waals surface area contributed by atoms with Crippen molar-refractivity contribution in [3.8, 4) is 0 Å². The van der Waals surface area contributed by atoms with E-state index in [4.69, 9.17) is 36.1 Å². The van der Waals surface area contributed by atoms with E-state index in [1.54, 1.807) is 20.8 Å². The van der Waals surface area contributed by atoms with Crippen molar-refractivity contribution < 1.29 is 79.6 Å². The lowest BCUT2D eigenvalue weighted by molar-refractivity contribution is -0.304. The molecule has 61 heavy (non-hydrogen) atoms. The lowest BCUT2D eigenvalue weighted by Gasteiger charge is -2.46. The average molecular weight is 880 g/mol. The molecule has 2 rings (SSSR count). The third-order valence-electron chi connectivity index (χ3n) is 11.2. The van der Waals surface area contributed by atoms with E-state index >= 15 is 0 Å². The number of rotatable bonds is 24. The predicted molar refractivity (Wildman–Crippen MR) is 220 cm³/mol. The smallest absolute Gasteiger partial charge is 0.312 e. The van der Waals surface area contributed by atoms with E-state index in [1.807, 2.05) is 38.2 Å². The Morgan fingerprint density at radius 1 is 0.918 bits per heavy atom. The second kappa shape index (κ2) is 25.3. The van der Waals surface area contributed by atoms with Gasteiger partial charge in [0.15, 0.2) is 18.0 Å². The van der Waals surface area contributed by atoms with Crippen LogP contribution in [-0.2, 0) is 23.7 Å².